The highest BCUT2D eigenvalue weighted by Crippen LogP contribution is 2.44. The molecular weight excluding hydrogens is 609 g/mol. The summed E-state index contributed by atoms with van der Waals surface area (Å²) in [6, 6.07) is 55.1. The van der Waals surface area contributed by atoms with Gasteiger partial charge >= 0.3 is 0 Å². The lowest BCUT2D eigenvalue weighted by atomic mass is 10.0. The summed E-state index contributed by atoms with van der Waals surface area (Å²) in [6.07, 6.45) is 0. The maximum atomic E-state index is 6.45. The van der Waals surface area contributed by atoms with E-state index in [1.54, 1.807) is 0 Å². The van der Waals surface area contributed by atoms with E-state index in [1.165, 1.54) is 31.3 Å². The van der Waals surface area contributed by atoms with Crippen LogP contribution in [-0.4, -0.2) is 4.98 Å². The van der Waals surface area contributed by atoms with Gasteiger partial charge in [-0.05, 0) is 83.9 Å². The maximum Gasteiger partial charge on any atom is 0.227 e. The first-order valence-electron chi connectivity index (χ1n) is 15.9. The molecule has 10 rings (SSSR count). The van der Waals surface area contributed by atoms with Crippen LogP contribution >= 0.6 is 11.3 Å². The fourth-order valence-corrected chi connectivity index (χ4v) is 7.95. The van der Waals surface area contributed by atoms with Crippen LogP contribution in [0.5, 0.6) is 0 Å². The van der Waals surface area contributed by atoms with Crippen LogP contribution in [0.15, 0.2) is 167 Å². The molecule has 226 valence electrons. The van der Waals surface area contributed by atoms with Crippen LogP contribution in [0.4, 0.5) is 17.1 Å². The van der Waals surface area contributed by atoms with Crippen molar-refractivity contribution in [2.75, 3.05) is 4.90 Å². The van der Waals surface area contributed by atoms with Gasteiger partial charge in [0.1, 0.15) is 16.7 Å². The molecule has 4 nitrogen and oxygen atoms in total. The number of nitrogens with zero attached hydrogens (tertiary/aromatic N) is 2. The Balaban J connectivity index is 1.17. The van der Waals surface area contributed by atoms with Gasteiger partial charge in [-0.15, -0.1) is 11.3 Å². The van der Waals surface area contributed by atoms with Crippen LogP contribution in [0.25, 0.3) is 75.8 Å². The number of aromatic nitrogens is 1. The summed E-state index contributed by atoms with van der Waals surface area (Å²) in [5.41, 5.74) is 9.61. The largest absolute Gasteiger partial charge is 0.456 e. The smallest absolute Gasteiger partial charge is 0.227 e. The van der Waals surface area contributed by atoms with Gasteiger partial charge in [-0.3, -0.25) is 0 Å². The summed E-state index contributed by atoms with van der Waals surface area (Å²) in [5.74, 6) is 0.598. The third-order valence-corrected chi connectivity index (χ3v) is 10.2. The number of thiophene rings is 1. The Hall–Kier alpha value is -6.17. The molecule has 10 aromatic rings. The topological polar surface area (TPSA) is 42.4 Å². The molecule has 0 unspecified atom stereocenters. The Kier molecular flexibility index (Phi) is 6.01. The number of oxazole rings is 1. The van der Waals surface area contributed by atoms with Crippen LogP contribution in [-0.2, 0) is 0 Å². The highest BCUT2D eigenvalue weighted by atomic mass is 32.1. The fourth-order valence-electron chi connectivity index (χ4n) is 6.81. The zero-order valence-electron chi connectivity index (χ0n) is 25.6. The first-order chi connectivity index (χ1) is 23.8. The maximum absolute atomic E-state index is 6.45. The highest BCUT2D eigenvalue weighted by molar-refractivity contribution is 7.25. The number of hydrogen-bond donors (Lipinski definition) is 0. The molecule has 3 heterocycles. The van der Waals surface area contributed by atoms with Crippen molar-refractivity contribution < 1.29 is 8.83 Å². The Labute approximate surface area is 279 Å². The fraction of sp³-hybridized carbons (Fsp3) is 0. The Bertz CT molecular complexity index is 2780. The van der Waals surface area contributed by atoms with E-state index in [1.807, 2.05) is 53.8 Å². The summed E-state index contributed by atoms with van der Waals surface area (Å²) in [6.45, 7) is 0. The van der Waals surface area contributed by atoms with Gasteiger partial charge in [0, 0.05) is 48.2 Å². The lowest BCUT2D eigenvalue weighted by Gasteiger charge is -2.26. The van der Waals surface area contributed by atoms with E-state index >= 15 is 0 Å². The number of hydrogen-bond acceptors (Lipinski definition) is 5. The molecule has 0 spiro atoms. The summed E-state index contributed by atoms with van der Waals surface area (Å²) in [5, 5.41) is 4.48. The molecule has 0 atom stereocenters. The second-order valence-corrected chi connectivity index (χ2v) is 13.1. The molecule has 7 aromatic carbocycles. The number of furan rings is 1. The standard InChI is InChI=1S/C43H26N2O2S/c1-3-9-27(10-4-1)28-15-17-30(18-16-28)45(32-19-21-34-33-13-7-8-14-39(33)48-40(34)26-32)31-20-23-37-35(25-31)41-38(46-37)24-22-36-42(41)47-43(44-36)29-11-5-2-6-12-29/h1-26H. The minimum atomic E-state index is 0.598. The summed E-state index contributed by atoms with van der Waals surface area (Å²) in [7, 11) is 0. The van der Waals surface area contributed by atoms with Crippen molar-refractivity contribution in [1.82, 2.24) is 4.98 Å². The number of rotatable bonds is 5. The van der Waals surface area contributed by atoms with Gasteiger partial charge in [-0.25, -0.2) is 4.98 Å². The van der Waals surface area contributed by atoms with Crippen LogP contribution in [0.1, 0.15) is 0 Å². The molecule has 0 aliphatic rings. The van der Waals surface area contributed by atoms with Crippen molar-refractivity contribution in [1.29, 1.82) is 0 Å². The number of benzene rings is 7. The monoisotopic (exact) mass is 634 g/mol. The summed E-state index contributed by atoms with van der Waals surface area (Å²) >= 11 is 1.83. The molecule has 0 bridgehead atoms. The molecule has 0 fully saturated rings. The minimum absolute atomic E-state index is 0.598. The molecular formula is C43H26N2O2S. The lowest BCUT2D eigenvalue weighted by Crippen LogP contribution is -2.09. The second-order valence-electron chi connectivity index (χ2n) is 12.0. The molecule has 0 aliphatic carbocycles. The molecule has 5 heteroatoms. The third-order valence-electron chi connectivity index (χ3n) is 9.10. The SMILES string of the molecule is c1ccc(-c2ccc(N(c3ccc4c(c3)sc3ccccc34)c3ccc4oc5ccc6nc(-c7ccccc7)oc6c5c4c3)cc2)cc1. The molecule has 0 radical (unpaired) electrons. The second kappa shape index (κ2) is 10.7. The molecule has 0 aliphatic heterocycles. The van der Waals surface area contributed by atoms with Gasteiger partial charge in [0.25, 0.3) is 0 Å². The lowest BCUT2D eigenvalue weighted by molar-refractivity contribution is 0.622. The van der Waals surface area contributed by atoms with Gasteiger partial charge in [0.05, 0.1) is 5.39 Å². The average molecular weight is 635 g/mol. The van der Waals surface area contributed by atoms with Crippen molar-refractivity contribution in [3.8, 4) is 22.6 Å². The van der Waals surface area contributed by atoms with Gasteiger partial charge in [0.2, 0.25) is 5.89 Å². The van der Waals surface area contributed by atoms with Crippen molar-refractivity contribution in [3.05, 3.63) is 158 Å². The molecule has 0 N–H and O–H groups in total. The van der Waals surface area contributed by atoms with Gasteiger partial charge in [0.15, 0.2) is 5.58 Å². The molecule has 0 amide bonds. The van der Waals surface area contributed by atoms with E-state index in [-0.39, 0.29) is 0 Å². The van der Waals surface area contributed by atoms with E-state index < -0.39 is 0 Å². The number of fused-ring (bicyclic) bond motifs is 8. The van der Waals surface area contributed by atoms with Crippen LogP contribution < -0.4 is 4.90 Å². The molecule has 3 aromatic heterocycles. The summed E-state index contributed by atoms with van der Waals surface area (Å²) < 4.78 is 15.4. The van der Waals surface area contributed by atoms with Crippen molar-refractivity contribution in [2.45, 2.75) is 0 Å². The molecule has 48 heavy (non-hydrogen) atoms. The van der Waals surface area contributed by atoms with E-state index in [2.05, 4.69) is 120 Å². The number of anilines is 3. The Morgan fingerprint density at radius 1 is 0.458 bits per heavy atom. The van der Waals surface area contributed by atoms with Crippen LogP contribution in [0.3, 0.4) is 0 Å². The highest BCUT2D eigenvalue weighted by Gasteiger charge is 2.20. The third kappa shape index (κ3) is 4.33. The Morgan fingerprint density at radius 3 is 1.94 bits per heavy atom. The zero-order chi connectivity index (χ0) is 31.6. The summed E-state index contributed by atoms with van der Waals surface area (Å²) in [4.78, 5) is 7.16. The normalized spacial score (nSPS) is 11.8. The first kappa shape index (κ1) is 27.0. The van der Waals surface area contributed by atoms with E-state index in [4.69, 9.17) is 13.8 Å². The minimum Gasteiger partial charge on any atom is -0.456 e. The van der Waals surface area contributed by atoms with Crippen molar-refractivity contribution in [3.63, 3.8) is 0 Å². The molecule has 0 saturated carbocycles. The average Bonchev–Trinajstić information content (AvgIpc) is 3.85. The predicted octanol–water partition coefficient (Wildman–Crippen LogP) is 12.9. The van der Waals surface area contributed by atoms with Gasteiger partial charge < -0.3 is 13.7 Å². The van der Waals surface area contributed by atoms with Gasteiger partial charge in [-0.2, -0.15) is 0 Å². The zero-order valence-corrected chi connectivity index (χ0v) is 26.4. The van der Waals surface area contributed by atoms with Crippen LogP contribution in [0, 0.1) is 0 Å². The van der Waals surface area contributed by atoms with E-state index in [0.29, 0.717) is 5.89 Å². The van der Waals surface area contributed by atoms with Crippen molar-refractivity contribution >= 4 is 81.6 Å². The van der Waals surface area contributed by atoms with E-state index in [9.17, 15) is 0 Å². The van der Waals surface area contributed by atoms with Crippen LogP contribution in [0.2, 0.25) is 0 Å². The van der Waals surface area contributed by atoms with Crippen molar-refractivity contribution in [2.24, 2.45) is 0 Å². The predicted molar refractivity (Wildman–Crippen MR) is 200 cm³/mol. The van der Waals surface area contributed by atoms with Gasteiger partial charge in [-0.1, -0.05) is 84.9 Å². The Morgan fingerprint density at radius 2 is 1.10 bits per heavy atom. The quantitative estimate of drug-likeness (QED) is 0.189. The first-order valence-corrected chi connectivity index (χ1v) is 16.8. The van der Waals surface area contributed by atoms with E-state index in [0.717, 1.165) is 55.7 Å². The molecule has 0 saturated heterocycles.